The number of hydrogen-bond acceptors (Lipinski definition) is 6. The van der Waals surface area contributed by atoms with Crippen LogP contribution in [0.15, 0.2) is 10.9 Å². The van der Waals surface area contributed by atoms with Crippen LogP contribution in [0.25, 0.3) is 11.7 Å². The van der Waals surface area contributed by atoms with E-state index in [1.807, 2.05) is 13.8 Å². The summed E-state index contributed by atoms with van der Waals surface area (Å²) >= 11 is 0. The monoisotopic (exact) mass is 522 g/mol. The number of carboxylic acid groups (broad SMARTS) is 1. The molecule has 2 aliphatic rings. The predicted molar refractivity (Wildman–Crippen MR) is 128 cm³/mol. The number of likely N-dealkylation sites (tertiary alicyclic amines) is 1. The van der Waals surface area contributed by atoms with E-state index in [1.165, 1.54) is 15.5 Å². The molecule has 0 aromatic carbocycles. The molecule has 14 heteroatoms. The molecule has 1 aliphatic heterocycles. The average molecular weight is 523 g/mol. The van der Waals surface area contributed by atoms with Gasteiger partial charge in [-0.05, 0) is 24.8 Å². The van der Waals surface area contributed by atoms with E-state index >= 15 is 0 Å². The number of nitrogens with one attached hydrogen (secondary N) is 2. The number of fused-ring (bicyclic) bond motifs is 1. The van der Waals surface area contributed by atoms with Crippen molar-refractivity contribution in [1.82, 2.24) is 24.4 Å². The number of carbonyl (C=O) groups is 3. The van der Waals surface area contributed by atoms with Crippen molar-refractivity contribution < 1.29 is 33.4 Å². The second-order valence-corrected chi connectivity index (χ2v) is 9.70. The zero-order valence-electron chi connectivity index (χ0n) is 20.3. The maximum absolute atomic E-state index is 13.5. The highest BCUT2D eigenvalue weighted by Gasteiger charge is 2.35. The van der Waals surface area contributed by atoms with Crippen molar-refractivity contribution in [1.29, 1.82) is 0 Å². The number of hydrogen-bond donors (Lipinski definition) is 4. The van der Waals surface area contributed by atoms with Gasteiger partial charge in [0.1, 0.15) is 0 Å². The number of rotatable bonds is 7. The normalized spacial score (nSPS) is 17.5. The highest BCUT2D eigenvalue weighted by atomic mass is 19.3. The molecule has 1 saturated heterocycles. The molecule has 1 aliphatic carbocycles. The molecule has 3 heterocycles. The van der Waals surface area contributed by atoms with Crippen LogP contribution in [0.4, 0.5) is 19.4 Å². The molecule has 0 bridgehead atoms. The van der Waals surface area contributed by atoms with E-state index in [2.05, 4.69) is 15.7 Å². The molecule has 4 N–H and O–H groups in total. The van der Waals surface area contributed by atoms with Crippen molar-refractivity contribution >= 4 is 35.4 Å². The van der Waals surface area contributed by atoms with Gasteiger partial charge in [0.05, 0.1) is 5.56 Å². The Bertz CT molecular complexity index is 1330. The van der Waals surface area contributed by atoms with Crippen molar-refractivity contribution in [2.24, 2.45) is 5.92 Å². The van der Waals surface area contributed by atoms with E-state index in [0.29, 0.717) is 0 Å². The van der Waals surface area contributed by atoms with Gasteiger partial charge in [-0.3, -0.25) is 24.3 Å². The zero-order chi connectivity index (χ0) is 27.1. The molecule has 37 heavy (non-hydrogen) atoms. The topological polar surface area (TPSA) is 158 Å². The summed E-state index contributed by atoms with van der Waals surface area (Å²) in [6, 6.07) is -0.0957. The lowest BCUT2D eigenvalue weighted by Crippen LogP contribution is -2.42. The molecule has 4 rings (SSSR count). The Labute approximate surface area is 209 Å². The number of aromatic nitrogens is 3. The van der Waals surface area contributed by atoms with E-state index in [9.17, 15) is 38.2 Å². The number of alkyl halides is 2. The summed E-state index contributed by atoms with van der Waals surface area (Å²) in [6.45, 7) is 3.42. The Morgan fingerprint density at radius 2 is 1.86 bits per heavy atom. The molecular formula is C23H28F2N6O6. The van der Waals surface area contributed by atoms with Crippen molar-refractivity contribution in [3.05, 3.63) is 27.6 Å². The van der Waals surface area contributed by atoms with Gasteiger partial charge in [0.2, 0.25) is 11.8 Å². The van der Waals surface area contributed by atoms with E-state index in [4.69, 9.17) is 0 Å². The summed E-state index contributed by atoms with van der Waals surface area (Å²) in [6.07, 6.45) is 1.35. The molecule has 0 radical (unpaired) electrons. The standard InChI is InChI=1S/C23H28F2N6O6/c1-12(2)11-30-19-14(5-6-15(32)29-9-7-23(24,25)8-10-29)17(27-22(36)37)28-31(19)21(35)16(20(30)34)18(33)26-13-3-4-13/h5-6,12-13,35H,3-4,7-11H2,1-2H3,(H,26,33)(H,27,28)(H,36,37). The number of anilines is 1. The smallest absolute Gasteiger partial charge is 0.410 e. The second-order valence-electron chi connectivity index (χ2n) is 9.70. The number of piperidine rings is 1. The first kappa shape index (κ1) is 26.1. The molecule has 2 fully saturated rings. The first-order valence-corrected chi connectivity index (χ1v) is 11.9. The third kappa shape index (κ3) is 5.57. The van der Waals surface area contributed by atoms with Gasteiger partial charge < -0.3 is 20.4 Å². The van der Waals surface area contributed by atoms with E-state index in [0.717, 1.165) is 23.4 Å². The third-order valence-corrected chi connectivity index (χ3v) is 6.15. The molecule has 2 aromatic heterocycles. The van der Waals surface area contributed by atoms with Gasteiger partial charge in [-0.15, -0.1) is 5.10 Å². The number of amides is 3. The van der Waals surface area contributed by atoms with Crippen LogP contribution >= 0.6 is 0 Å². The Morgan fingerprint density at radius 3 is 2.43 bits per heavy atom. The molecule has 0 atom stereocenters. The first-order chi connectivity index (χ1) is 17.4. The lowest BCUT2D eigenvalue weighted by Gasteiger charge is -2.30. The predicted octanol–water partition coefficient (Wildman–Crippen LogP) is 2.11. The van der Waals surface area contributed by atoms with Crippen LogP contribution in [-0.2, 0) is 11.3 Å². The number of halogens is 2. The Balaban J connectivity index is 1.83. The van der Waals surface area contributed by atoms with Gasteiger partial charge in [0, 0.05) is 44.6 Å². The number of aromatic hydroxyl groups is 1. The minimum atomic E-state index is -2.84. The van der Waals surface area contributed by atoms with Gasteiger partial charge in [-0.25, -0.2) is 13.6 Å². The second kappa shape index (κ2) is 9.82. The van der Waals surface area contributed by atoms with Crippen molar-refractivity contribution in [2.45, 2.75) is 58.0 Å². The van der Waals surface area contributed by atoms with Gasteiger partial charge in [-0.2, -0.15) is 4.52 Å². The molecule has 12 nitrogen and oxygen atoms in total. The minimum absolute atomic E-state index is 0.0136. The summed E-state index contributed by atoms with van der Waals surface area (Å²) in [7, 11) is 0. The maximum atomic E-state index is 13.5. The average Bonchev–Trinajstić information content (AvgIpc) is 3.54. The van der Waals surface area contributed by atoms with Crippen LogP contribution in [-0.4, -0.2) is 72.3 Å². The van der Waals surface area contributed by atoms with Crippen molar-refractivity contribution in [3.8, 4) is 5.88 Å². The van der Waals surface area contributed by atoms with Crippen LogP contribution < -0.4 is 16.2 Å². The van der Waals surface area contributed by atoms with E-state index < -0.39 is 53.7 Å². The Hall–Kier alpha value is -3.97. The molecule has 3 amide bonds. The maximum Gasteiger partial charge on any atom is 0.410 e. The largest absolute Gasteiger partial charge is 0.492 e. The summed E-state index contributed by atoms with van der Waals surface area (Å²) in [5, 5.41) is 29.0. The zero-order valence-corrected chi connectivity index (χ0v) is 20.3. The fourth-order valence-electron chi connectivity index (χ4n) is 4.14. The fraction of sp³-hybridized carbons (Fsp3) is 0.522. The fourth-order valence-corrected chi connectivity index (χ4v) is 4.14. The summed E-state index contributed by atoms with van der Waals surface area (Å²) in [4.78, 5) is 51.5. The quantitative estimate of drug-likeness (QED) is 0.406. The minimum Gasteiger partial charge on any atom is -0.492 e. The van der Waals surface area contributed by atoms with E-state index in [1.54, 1.807) is 0 Å². The van der Waals surface area contributed by atoms with Crippen LogP contribution in [0.3, 0.4) is 0 Å². The van der Waals surface area contributed by atoms with Gasteiger partial charge >= 0.3 is 6.09 Å². The van der Waals surface area contributed by atoms with Gasteiger partial charge in [0.25, 0.3) is 17.4 Å². The van der Waals surface area contributed by atoms with Crippen LogP contribution in [0, 0.1) is 5.92 Å². The number of nitrogens with zero attached hydrogens (tertiary/aromatic N) is 4. The molecule has 200 valence electrons. The van der Waals surface area contributed by atoms with Crippen molar-refractivity contribution in [2.75, 3.05) is 18.4 Å². The van der Waals surface area contributed by atoms with Gasteiger partial charge in [-0.1, -0.05) is 13.8 Å². The van der Waals surface area contributed by atoms with Crippen LogP contribution in [0.5, 0.6) is 5.88 Å². The lowest BCUT2D eigenvalue weighted by atomic mass is 10.1. The highest BCUT2D eigenvalue weighted by molar-refractivity contribution is 5.98. The van der Waals surface area contributed by atoms with Gasteiger partial charge in [0.15, 0.2) is 17.0 Å². The van der Waals surface area contributed by atoms with Crippen molar-refractivity contribution in [3.63, 3.8) is 0 Å². The van der Waals surface area contributed by atoms with Crippen LogP contribution in [0.1, 0.15) is 55.5 Å². The molecular weight excluding hydrogens is 494 g/mol. The first-order valence-electron chi connectivity index (χ1n) is 11.9. The van der Waals surface area contributed by atoms with Crippen LogP contribution in [0.2, 0.25) is 0 Å². The highest BCUT2D eigenvalue weighted by Crippen LogP contribution is 2.30. The molecule has 1 saturated carbocycles. The molecule has 0 spiro atoms. The third-order valence-electron chi connectivity index (χ3n) is 6.15. The Morgan fingerprint density at radius 1 is 1.22 bits per heavy atom. The summed E-state index contributed by atoms with van der Waals surface area (Å²) in [5.41, 5.74) is -1.40. The summed E-state index contributed by atoms with van der Waals surface area (Å²) < 4.78 is 29.0. The molecule has 2 aromatic rings. The number of carbonyl (C=O) groups excluding carboxylic acids is 2. The summed E-state index contributed by atoms with van der Waals surface area (Å²) in [5.74, 6) is -5.38. The lowest BCUT2D eigenvalue weighted by molar-refractivity contribution is -0.132. The Kier molecular flexibility index (Phi) is 6.93. The SMILES string of the molecule is CC(C)Cn1c(=O)c(C(=O)NC2CC2)c(O)n2nc(NC(=O)O)c(C=CC(=O)N3CCC(F)(F)CC3)c12. The molecule has 0 unspecified atom stereocenters. The van der Waals surface area contributed by atoms with E-state index in [-0.39, 0.29) is 48.6 Å².